The Bertz CT molecular complexity index is 1510. The number of pyridine rings is 2. The van der Waals surface area contributed by atoms with E-state index in [1.807, 2.05) is 6.20 Å². The number of benzene rings is 2. The molecule has 0 saturated carbocycles. The largest absolute Gasteiger partial charge is 0.437 e. The van der Waals surface area contributed by atoms with Gasteiger partial charge in [0.1, 0.15) is 5.58 Å². The van der Waals surface area contributed by atoms with Gasteiger partial charge in [0.2, 0.25) is 5.71 Å². The molecule has 3 heterocycles. The minimum atomic E-state index is 0.0512. The van der Waals surface area contributed by atoms with Crippen molar-refractivity contribution in [3.8, 4) is 22.5 Å². The number of aryl methyl sites for hydroxylation is 4. The van der Waals surface area contributed by atoms with Gasteiger partial charge in [0.15, 0.2) is 0 Å². The molecule has 0 spiro atoms. The molecule has 0 atom stereocenters. The highest BCUT2D eigenvalue weighted by Gasteiger charge is 2.20. The lowest BCUT2D eigenvalue weighted by molar-refractivity contribution is 0.589. The molecule has 3 aromatic heterocycles. The van der Waals surface area contributed by atoms with Crippen LogP contribution < -0.4 is 0 Å². The van der Waals surface area contributed by atoms with E-state index in [2.05, 4.69) is 102 Å². The van der Waals surface area contributed by atoms with Crippen molar-refractivity contribution < 1.29 is 4.42 Å². The van der Waals surface area contributed by atoms with Gasteiger partial charge >= 0.3 is 0 Å². The zero-order chi connectivity index (χ0) is 23.5. The van der Waals surface area contributed by atoms with Crippen LogP contribution in [0.2, 0.25) is 0 Å². The van der Waals surface area contributed by atoms with Crippen LogP contribution in [0.1, 0.15) is 48.6 Å². The fourth-order valence-corrected chi connectivity index (χ4v) is 4.90. The van der Waals surface area contributed by atoms with Gasteiger partial charge in [-0.1, -0.05) is 44.5 Å². The van der Waals surface area contributed by atoms with Crippen molar-refractivity contribution in [2.45, 2.75) is 53.9 Å². The fraction of sp³-hybridized carbons (Fsp3) is 0.267. The van der Waals surface area contributed by atoms with E-state index in [4.69, 9.17) is 9.40 Å². The molecule has 2 aromatic carbocycles. The molecule has 5 rings (SSSR count). The molecule has 0 amide bonds. The second kappa shape index (κ2) is 7.55. The SMILES string of the molecule is Cc1cc(C)c(-c2ccc3c(n2)oc2c(-c4cc(C(C)(C)C)ccn4)ccc(C)c23)c(C)c1. The van der Waals surface area contributed by atoms with Crippen LogP contribution in [-0.2, 0) is 5.41 Å². The van der Waals surface area contributed by atoms with E-state index in [1.165, 1.54) is 33.4 Å². The van der Waals surface area contributed by atoms with Gasteiger partial charge in [-0.3, -0.25) is 4.98 Å². The molecule has 0 unspecified atom stereocenters. The number of aromatic nitrogens is 2. The quantitative estimate of drug-likeness (QED) is 0.281. The van der Waals surface area contributed by atoms with Gasteiger partial charge in [-0.05, 0) is 85.7 Å². The molecular weight excluding hydrogens is 404 g/mol. The molecule has 0 aliphatic carbocycles. The Morgan fingerprint density at radius 2 is 1.48 bits per heavy atom. The Labute approximate surface area is 195 Å². The molecule has 3 nitrogen and oxygen atoms in total. The molecule has 0 aliphatic heterocycles. The van der Waals surface area contributed by atoms with Gasteiger partial charge < -0.3 is 4.42 Å². The van der Waals surface area contributed by atoms with Crippen molar-refractivity contribution in [1.29, 1.82) is 0 Å². The van der Waals surface area contributed by atoms with Crippen molar-refractivity contribution in [3.05, 3.63) is 82.5 Å². The Hall–Kier alpha value is -3.46. The molecule has 5 aromatic rings. The van der Waals surface area contributed by atoms with Gasteiger partial charge in [0.25, 0.3) is 0 Å². The van der Waals surface area contributed by atoms with Crippen molar-refractivity contribution in [2.24, 2.45) is 0 Å². The molecule has 0 bridgehead atoms. The third kappa shape index (κ3) is 3.62. The number of furan rings is 1. The first-order valence-electron chi connectivity index (χ1n) is 11.5. The smallest absolute Gasteiger partial charge is 0.227 e. The topological polar surface area (TPSA) is 38.9 Å². The van der Waals surface area contributed by atoms with Crippen LogP contribution >= 0.6 is 0 Å². The minimum Gasteiger partial charge on any atom is -0.437 e. The van der Waals surface area contributed by atoms with Crippen LogP contribution in [-0.4, -0.2) is 9.97 Å². The lowest BCUT2D eigenvalue weighted by atomic mass is 9.87. The number of fused-ring (bicyclic) bond motifs is 3. The maximum absolute atomic E-state index is 6.46. The highest BCUT2D eigenvalue weighted by Crippen LogP contribution is 2.39. The van der Waals surface area contributed by atoms with Crippen molar-refractivity contribution in [2.75, 3.05) is 0 Å². The Kier molecular flexibility index (Phi) is 4.89. The zero-order valence-corrected chi connectivity index (χ0v) is 20.5. The van der Waals surface area contributed by atoms with Crippen LogP contribution in [0.3, 0.4) is 0 Å². The van der Waals surface area contributed by atoms with E-state index in [-0.39, 0.29) is 5.41 Å². The van der Waals surface area contributed by atoms with Crippen molar-refractivity contribution in [3.63, 3.8) is 0 Å². The summed E-state index contributed by atoms with van der Waals surface area (Å²) < 4.78 is 6.46. The summed E-state index contributed by atoms with van der Waals surface area (Å²) in [6, 6.07) is 17.2. The molecule has 3 heteroatoms. The maximum atomic E-state index is 6.46. The lowest BCUT2D eigenvalue weighted by Gasteiger charge is -2.19. The first kappa shape index (κ1) is 21.4. The molecular formula is C30H30N2O. The van der Waals surface area contributed by atoms with Crippen molar-refractivity contribution >= 4 is 22.1 Å². The average molecular weight is 435 g/mol. The van der Waals surface area contributed by atoms with E-state index < -0.39 is 0 Å². The monoisotopic (exact) mass is 434 g/mol. The molecule has 33 heavy (non-hydrogen) atoms. The van der Waals surface area contributed by atoms with Crippen LogP contribution in [0.15, 0.2) is 59.1 Å². The Balaban J connectivity index is 1.74. The standard InChI is InChI=1S/C30H30N2O/c1-17-14-19(3)26(20(4)15-17)24-11-10-23-27-18(2)8-9-22(28(27)33-29(23)32-24)25-16-21(12-13-31-25)30(5,6)7/h8-16H,1-7H3. The van der Waals surface area contributed by atoms with E-state index in [0.29, 0.717) is 5.71 Å². The molecule has 0 aliphatic rings. The lowest BCUT2D eigenvalue weighted by Crippen LogP contribution is -2.11. The summed E-state index contributed by atoms with van der Waals surface area (Å²) in [6.07, 6.45) is 1.89. The summed E-state index contributed by atoms with van der Waals surface area (Å²) in [5.41, 5.74) is 11.8. The summed E-state index contributed by atoms with van der Waals surface area (Å²) in [5.74, 6) is 0. The maximum Gasteiger partial charge on any atom is 0.227 e. The molecule has 0 radical (unpaired) electrons. The third-order valence-corrected chi connectivity index (χ3v) is 6.53. The first-order chi connectivity index (χ1) is 15.6. The summed E-state index contributed by atoms with van der Waals surface area (Å²) in [7, 11) is 0. The van der Waals surface area contributed by atoms with E-state index in [1.54, 1.807) is 0 Å². The molecule has 0 N–H and O–H groups in total. The van der Waals surface area contributed by atoms with E-state index >= 15 is 0 Å². The van der Waals surface area contributed by atoms with Gasteiger partial charge in [-0.25, -0.2) is 4.98 Å². The summed E-state index contributed by atoms with van der Waals surface area (Å²) in [5, 5.41) is 2.16. The van der Waals surface area contributed by atoms with Crippen LogP contribution in [0.5, 0.6) is 0 Å². The van der Waals surface area contributed by atoms with Gasteiger partial charge in [-0.2, -0.15) is 0 Å². The van der Waals surface area contributed by atoms with Gasteiger partial charge in [0.05, 0.1) is 11.4 Å². The summed E-state index contributed by atoms with van der Waals surface area (Å²) in [6.45, 7) is 15.2. The van der Waals surface area contributed by atoms with E-state index in [9.17, 15) is 0 Å². The first-order valence-corrected chi connectivity index (χ1v) is 11.5. The fourth-order valence-electron chi connectivity index (χ4n) is 4.90. The van der Waals surface area contributed by atoms with Gasteiger partial charge in [0, 0.05) is 28.1 Å². The predicted molar refractivity (Wildman–Crippen MR) is 138 cm³/mol. The van der Waals surface area contributed by atoms with E-state index in [0.717, 1.165) is 33.3 Å². The Morgan fingerprint density at radius 1 is 0.758 bits per heavy atom. The Morgan fingerprint density at radius 3 is 2.18 bits per heavy atom. The third-order valence-electron chi connectivity index (χ3n) is 6.53. The minimum absolute atomic E-state index is 0.0512. The van der Waals surface area contributed by atoms with Crippen LogP contribution in [0.25, 0.3) is 44.6 Å². The van der Waals surface area contributed by atoms with Gasteiger partial charge in [-0.15, -0.1) is 0 Å². The predicted octanol–water partition coefficient (Wildman–Crippen LogP) is 8.24. The number of hydrogen-bond donors (Lipinski definition) is 0. The summed E-state index contributed by atoms with van der Waals surface area (Å²) >= 11 is 0. The highest BCUT2D eigenvalue weighted by molar-refractivity contribution is 6.10. The summed E-state index contributed by atoms with van der Waals surface area (Å²) in [4.78, 5) is 9.67. The number of nitrogens with zero attached hydrogens (tertiary/aromatic N) is 2. The molecule has 166 valence electrons. The second-order valence-electron chi connectivity index (χ2n) is 10.2. The van der Waals surface area contributed by atoms with Crippen molar-refractivity contribution in [1.82, 2.24) is 9.97 Å². The molecule has 0 fully saturated rings. The van der Waals surface area contributed by atoms with Crippen LogP contribution in [0, 0.1) is 27.7 Å². The molecule has 0 saturated heterocycles. The van der Waals surface area contributed by atoms with Crippen LogP contribution in [0.4, 0.5) is 0 Å². The number of rotatable bonds is 2. The number of hydrogen-bond acceptors (Lipinski definition) is 3. The average Bonchev–Trinajstić information content (AvgIpc) is 3.12. The normalized spacial score (nSPS) is 12.1. The zero-order valence-electron chi connectivity index (χ0n) is 20.5. The second-order valence-corrected chi connectivity index (χ2v) is 10.2. The highest BCUT2D eigenvalue weighted by atomic mass is 16.3.